The second kappa shape index (κ2) is 1.57. The number of nitrogens with zero attached hydrogens (tertiary/aromatic N) is 1. The highest BCUT2D eigenvalue weighted by Crippen LogP contribution is 1.73. The highest BCUT2D eigenvalue weighted by molar-refractivity contribution is 5.61. The third kappa shape index (κ3) is 0.592. The SMILES string of the molecule is C1=NC=c2ccccc2=1. The lowest BCUT2D eigenvalue weighted by Crippen LogP contribution is -2.21. The van der Waals surface area contributed by atoms with Crippen LogP contribution in [0.3, 0.4) is 0 Å². The zero-order chi connectivity index (χ0) is 6.10. The maximum atomic E-state index is 3.88. The molecule has 0 radical (unpaired) electrons. The first-order valence-corrected chi connectivity index (χ1v) is 2.85. The van der Waals surface area contributed by atoms with Crippen molar-refractivity contribution in [2.45, 2.75) is 0 Å². The molecule has 0 atom stereocenters. The standard InChI is InChI=1S/C8H5N/c1-2-4-8-6-9-5-7(8)3-1/h1-5H. The second-order valence-corrected chi connectivity index (χ2v) is 1.96. The van der Waals surface area contributed by atoms with E-state index in [1.165, 1.54) is 0 Å². The van der Waals surface area contributed by atoms with E-state index in [-0.39, 0.29) is 0 Å². The number of hydrogen-bond donors (Lipinski definition) is 0. The third-order valence-electron chi connectivity index (χ3n) is 1.35. The Morgan fingerprint density at radius 1 is 1.22 bits per heavy atom. The Morgan fingerprint density at radius 3 is 3.00 bits per heavy atom. The average molecular weight is 115 g/mol. The molecule has 0 fully saturated rings. The molecule has 1 aromatic carbocycles. The van der Waals surface area contributed by atoms with Crippen molar-refractivity contribution < 1.29 is 0 Å². The van der Waals surface area contributed by atoms with Gasteiger partial charge in [0.15, 0.2) is 0 Å². The van der Waals surface area contributed by atoms with Crippen LogP contribution in [0.2, 0.25) is 0 Å². The van der Waals surface area contributed by atoms with E-state index in [9.17, 15) is 0 Å². The fraction of sp³-hybridized carbons (Fsp3) is 0. The summed E-state index contributed by atoms with van der Waals surface area (Å²) in [6.45, 7) is 0. The lowest BCUT2D eigenvalue weighted by Gasteiger charge is -1.77. The number of aliphatic imine (C=N–C) groups is 1. The summed E-state index contributed by atoms with van der Waals surface area (Å²) in [4.78, 5) is 3.88. The molecule has 9 heavy (non-hydrogen) atoms. The van der Waals surface area contributed by atoms with Gasteiger partial charge in [-0.1, -0.05) is 18.2 Å². The fourth-order valence-electron chi connectivity index (χ4n) is 0.883. The van der Waals surface area contributed by atoms with Crippen LogP contribution in [-0.4, -0.2) is 5.87 Å². The Hall–Kier alpha value is -1.33. The Bertz CT molecular complexity index is 370. The van der Waals surface area contributed by atoms with Crippen LogP contribution in [0.1, 0.15) is 0 Å². The molecule has 1 nitrogen and oxygen atoms in total. The molecular weight excluding hydrogens is 110 g/mol. The van der Waals surface area contributed by atoms with Gasteiger partial charge >= 0.3 is 0 Å². The summed E-state index contributed by atoms with van der Waals surface area (Å²) in [5.74, 6) is 2.87. The van der Waals surface area contributed by atoms with E-state index >= 15 is 0 Å². The summed E-state index contributed by atoms with van der Waals surface area (Å²) >= 11 is 0. The average Bonchev–Trinajstić information content (AvgIpc) is 2.33. The maximum absolute atomic E-state index is 3.88. The number of benzene rings is 1. The highest BCUT2D eigenvalue weighted by atomic mass is 14.7. The molecule has 0 saturated heterocycles. The van der Waals surface area contributed by atoms with E-state index in [1.54, 1.807) is 0 Å². The lowest BCUT2D eigenvalue weighted by atomic mass is 10.3. The molecule has 1 heterocycles. The first-order valence-electron chi connectivity index (χ1n) is 2.85. The number of fused-ring (bicyclic) bond motifs is 1. The van der Waals surface area contributed by atoms with E-state index in [2.05, 4.69) is 10.9 Å². The first kappa shape index (κ1) is 4.54. The van der Waals surface area contributed by atoms with Crippen molar-refractivity contribution in [3.63, 3.8) is 0 Å². The predicted octanol–water partition coefficient (Wildman–Crippen LogP) is -0.220. The van der Waals surface area contributed by atoms with Crippen LogP contribution < -0.4 is 10.4 Å². The molecule has 0 aromatic heterocycles. The molecule has 2 rings (SSSR count). The highest BCUT2D eigenvalue weighted by Gasteiger charge is 1.84. The van der Waals surface area contributed by atoms with E-state index in [0.717, 1.165) is 10.4 Å². The van der Waals surface area contributed by atoms with Crippen LogP contribution in [-0.2, 0) is 0 Å². The zero-order valence-electron chi connectivity index (χ0n) is 4.83. The molecule has 0 unspecified atom stereocenters. The Balaban J connectivity index is 3.09. The lowest BCUT2D eigenvalue weighted by molar-refractivity contribution is 1.55. The minimum atomic E-state index is 1.09. The van der Waals surface area contributed by atoms with Gasteiger partial charge in [-0.05, 0) is 11.9 Å². The molecule has 1 aliphatic rings. The fourth-order valence-corrected chi connectivity index (χ4v) is 0.883. The predicted molar refractivity (Wildman–Crippen MR) is 36.7 cm³/mol. The van der Waals surface area contributed by atoms with Crippen molar-refractivity contribution >= 4 is 12.1 Å². The maximum Gasteiger partial charge on any atom is 0.0453 e. The minimum absolute atomic E-state index is 1.09. The van der Waals surface area contributed by atoms with Crippen LogP contribution in [0, 0.1) is 0 Å². The summed E-state index contributed by atoms with van der Waals surface area (Å²) in [7, 11) is 0. The van der Waals surface area contributed by atoms with Gasteiger partial charge in [-0.15, -0.1) is 0 Å². The topological polar surface area (TPSA) is 12.4 Å². The van der Waals surface area contributed by atoms with Gasteiger partial charge in [-0.2, -0.15) is 0 Å². The smallest absolute Gasteiger partial charge is 0.0453 e. The Labute approximate surface area is 52.7 Å². The van der Waals surface area contributed by atoms with Crippen molar-refractivity contribution in [3.05, 3.63) is 34.7 Å². The summed E-state index contributed by atoms with van der Waals surface area (Å²) in [6.07, 6.45) is 1.81. The van der Waals surface area contributed by atoms with Gasteiger partial charge in [0.05, 0.1) is 0 Å². The van der Waals surface area contributed by atoms with Crippen molar-refractivity contribution in [1.29, 1.82) is 0 Å². The van der Waals surface area contributed by atoms with Gasteiger partial charge in [-0.25, -0.2) is 4.99 Å². The van der Waals surface area contributed by atoms with Gasteiger partial charge in [0, 0.05) is 16.6 Å². The summed E-state index contributed by atoms with van der Waals surface area (Å²) in [5, 5.41) is 2.26. The molecule has 0 bridgehead atoms. The van der Waals surface area contributed by atoms with E-state index < -0.39 is 0 Å². The van der Waals surface area contributed by atoms with Crippen LogP contribution in [0.25, 0.3) is 6.20 Å². The third-order valence-corrected chi connectivity index (χ3v) is 1.35. The second-order valence-electron chi connectivity index (χ2n) is 1.96. The Morgan fingerprint density at radius 2 is 2.11 bits per heavy atom. The molecule has 1 heteroatoms. The molecular formula is C8H5N. The van der Waals surface area contributed by atoms with E-state index in [1.807, 2.05) is 30.5 Å². The van der Waals surface area contributed by atoms with Crippen LogP contribution in [0.4, 0.5) is 0 Å². The Kier molecular flexibility index (Phi) is 0.794. The van der Waals surface area contributed by atoms with E-state index in [4.69, 9.17) is 0 Å². The monoisotopic (exact) mass is 115 g/mol. The van der Waals surface area contributed by atoms with Gasteiger partial charge in [-0.3, -0.25) is 0 Å². The van der Waals surface area contributed by atoms with Crippen LogP contribution in [0.5, 0.6) is 0 Å². The largest absolute Gasteiger partial charge is 0.213 e. The molecule has 0 aliphatic carbocycles. The van der Waals surface area contributed by atoms with Crippen LogP contribution >= 0.6 is 0 Å². The quantitative estimate of drug-likeness (QED) is 0.443. The van der Waals surface area contributed by atoms with Gasteiger partial charge in [0.25, 0.3) is 0 Å². The van der Waals surface area contributed by atoms with Crippen LogP contribution in [0.15, 0.2) is 29.3 Å². The molecule has 1 aliphatic heterocycles. The molecule has 1 aromatic rings. The molecule has 0 N–H and O–H groups in total. The van der Waals surface area contributed by atoms with Crippen molar-refractivity contribution in [3.8, 4) is 0 Å². The zero-order valence-corrected chi connectivity index (χ0v) is 4.83. The van der Waals surface area contributed by atoms with Crippen molar-refractivity contribution in [1.82, 2.24) is 0 Å². The van der Waals surface area contributed by atoms with Crippen molar-refractivity contribution in [2.75, 3.05) is 0 Å². The normalized spacial score (nSPS) is 12.0. The summed E-state index contributed by atoms with van der Waals surface area (Å²) < 4.78 is 0. The van der Waals surface area contributed by atoms with Gasteiger partial charge < -0.3 is 0 Å². The molecule has 0 amide bonds. The van der Waals surface area contributed by atoms with Gasteiger partial charge in [0.2, 0.25) is 0 Å². The van der Waals surface area contributed by atoms with Gasteiger partial charge in [0.1, 0.15) is 0 Å². The molecule has 0 saturated carbocycles. The molecule has 42 valence electrons. The first-order chi connectivity index (χ1) is 4.47. The number of hydrogen-bond acceptors (Lipinski definition) is 1. The summed E-state index contributed by atoms with van der Waals surface area (Å²) in [6, 6.07) is 8.01. The molecule has 0 spiro atoms. The van der Waals surface area contributed by atoms with E-state index in [0.29, 0.717) is 0 Å². The van der Waals surface area contributed by atoms with Crippen molar-refractivity contribution in [2.24, 2.45) is 4.99 Å². The minimum Gasteiger partial charge on any atom is -0.213 e. The number of rotatable bonds is 0. The summed E-state index contributed by atoms with van der Waals surface area (Å²) in [5.41, 5.74) is 0.